The number of rotatable bonds is 1. The van der Waals surface area contributed by atoms with Gasteiger partial charge in [0.15, 0.2) is 6.29 Å². The fourth-order valence-electron chi connectivity index (χ4n) is 0.625. The molecule has 0 spiro atoms. The molecule has 1 aromatic rings. The van der Waals surface area contributed by atoms with Crippen LogP contribution in [0.5, 0.6) is 0 Å². The first kappa shape index (κ1) is 23.2. The Balaban J connectivity index is -0.000000101. The summed E-state index contributed by atoms with van der Waals surface area (Å²) >= 11 is 0. The summed E-state index contributed by atoms with van der Waals surface area (Å²) in [6.07, 6.45) is -1.34. The molecule has 0 heterocycles. The quantitative estimate of drug-likeness (QED) is 0.466. The van der Waals surface area contributed by atoms with E-state index in [0.717, 1.165) is 0 Å². The van der Waals surface area contributed by atoms with Crippen LogP contribution in [0.15, 0.2) is 30.3 Å². The zero-order valence-corrected chi connectivity index (χ0v) is 9.34. The van der Waals surface area contributed by atoms with Gasteiger partial charge in [-0.1, -0.05) is 30.3 Å². The van der Waals surface area contributed by atoms with Crippen LogP contribution in [-0.2, 0) is 34.1 Å². The van der Waals surface area contributed by atoms with E-state index in [9.17, 15) is 0 Å². The van der Waals surface area contributed by atoms with Crippen molar-refractivity contribution >= 4 is 0 Å². The summed E-state index contributed by atoms with van der Waals surface area (Å²) in [5.41, 5.74) is 0.525. The molecular weight excluding hydrogens is 267 g/mol. The van der Waals surface area contributed by atoms with E-state index < -0.39 is 6.29 Å². The smallest absolute Gasteiger partial charge is 0.364 e. The van der Waals surface area contributed by atoms with Crippen molar-refractivity contribution in [1.82, 2.24) is 0 Å². The number of aliphatic hydroxyl groups is 2. The second-order valence-corrected chi connectivity index (χ2v) is 1.78. The van der Waals surface area contributed by atoms with Gasteiger partial charge < -0.3 is 25.1 Å². The van der Waals surface area contributed by atoms with E-state index in [1.54, 1.807) is 24.3 Å². The molecule has 0 atom stereocenters. The predicted molar refractivity (Wildman–Crippen MR) is 46.4 cm³/mol. The Morgan fingerprint density at radius 2 is 1.23 bits per heavy atom. The van der Waals surface area contributed by atoms with E-state index in [4.69, 9.17) is 10.2 Å². The maximum absolute atomic E-state index is 8.58. The van der Waals surface area contributed by atoms with Crippen LogP contribution in [0, 0.1) is 14.9 Å². The second kappa shape index (κ2) is 12.2. The van der Waals surface area contributed by atoms with Gasteiger partial charge >= 0.3 is 34.1 Å². The van der Waals surface area contributed by atoms with Gasteiger partial charge in [-0.05, 0) is 0 Å². The van der Waals surface area contributed by atoms with Crippen LogP contribution in [0.3, 0.4) is 0 Å². The van der Waals surface area contributed by atoms with Crippen molar-refractivity contribution in [2.24, 2.45) is 0 Å². The average molecular weight is 281 g/mol. The molecule has 0 radical (unpaired) electrons. The first-order valence-electron chi connectivity index (χ1n) is 2.72. The third-order valence-corrected chi connectivity index (χ3v) is 1.10. The van der Waals surface area contributed by atoms with E-state index in [1.807, 2.05) is 6.07 Å². The number of aliphatic hydroxyl groups excluding tert-OH is 1. The van der Waals surface area contributed by atoms with Gasteiger partial charge in [0.1, 0.15) is 0 Å². The summed E-state index contributed by atoms with van der Waals surface area (Å²) in [6, 6.07) is 8.66. The van der Waals surface area contributed by atoms with Crippen molar-refractivity contribution in [1.29, 1.82) is 0 Å². The molecule has 0 amide bonds. The average Bonchev–Trinajstić information content (AvgIpc) is 1.90. The Labute approximate surface area is 101 Å². The summed E-state index contributed by atoms with van der Waals surface area (Å²) in [5.74, 6) is 0. The Morgan fingerprint density at radius 3 is 1.46 bits per heavy atom. The molecule has 0 unspecified atom stereocenters. The maximum Gasteiger partial charge on any atom is 1.00 e. The molecule has 1 aromatic carbocycles. The normalized spacial score (nSPS) is 7.00. The van der Waals surface area contributed by atoms with Crippen molar-refractivity contribution in [2.75, 3.05) is 0 Å². The van der Waals surface area contributed by atoms with E-state index >= 15 is 0 Å². The minimum atomic E-state index is -1.34. The molecule has 4 heteroatoms. The van der Waals surface area contributed by atoms with Crippen molar-refractivity contribution in [2.45, 2.75) is 6.29 Å². The van der Waals surface area contributed by atoms with Gasteiger partial charge in [0.05, 0.1) is 0 Å². The van der Waals surface area contributed by atoms with Gasteiger partial charge in [0.2, 0.25) is 0 Å². The SMILES string of the molecule is OC(O)c1ccccc1.[CH3-].[CH3-].[Cu+].[Cu+]. The van der Waals surface area contributed by atoms with E-state index in [2.05, 4.69) is 0 Å². The summed E-state index contributed by atoms with van der Waals surface area (Å²) in [6.45, 7) is 0. The zero-order valence-electron chi connectivity index (χ0n) is 7.46. The Bertz CT molecular complexity index is 178. The van der Waals surface area contributed by atoms with E-state index in [1.165, 1.54) is 0 Å². The van der Waals surface area contributed by atoms with E-state index in [-0.39, 0.29) is 49.0 Å². The van der Waals surface area contributed by atoms with Gasteiger partial charge in [-0.15, -0.1) is 0 Å². The third-order valence-electron chi connectivity index (χ3n) is 1.10. The van der Waals surface area contributed by atoms with Gasteiger partial charge in [0, 0.05) is 5.56 Å². The molecule has 0 saturated carbocycles. The van der Waals surface area contributed by atoms with Crippen molar-refractivity contribution < 1.29 is 44.4 Å². The number of hydrogen-bond donors (Lipinski definition) is 2. The fraction of sp³-hybridized carbons (Fsp3) is 0.111. The molecule has 2 nitrogen and oxygen atoms in total. The first-order valence-corrected chi connectivity index (χ1v) is 2.72. The van der Waals surface area contributed by atoms with E-state index in [0.29, 0.717) is 5.56 Å². The summed E-state index contributed by atoms with van der Waals surface area (Å²) < 4.78 is 0. The van der Waals surface area contributed by atoms with Crippen LogP contribution in [0.1, 0.15) is 11.9 Å². The van der Waals surface area contributed by atoms with Gasteiger partial charge in [-0.3, -0.25) is 0 Å². The Morgan fingerprint density at radius 1 is 0.846 bits per heavy atom. The Hall–Kier alpha value is 0.179. The molecule has 0 fully saturated rings. The summed E-state index contributed by atoms with van der Waals surface area (Å²) in [5, 5.41) is 17.2. The molecule has 0 bridgehead atoms. The van der Waals surface area contributed by atoms with Crippen LogP contribution in [0.2, 0.25) is 0 Å². The predicted octanol–water partition coefficient (Wildman–Crippen LogP) is 1.57. The number of hydrogen-bond acceptors (Lipinski definition) is 2. The molecular formula is C9H14Cu2O2. The molecule has 0 aliphatic heterocycles. The topological polar surface area (TPSA) is 40.5 Å². The monoisotopic (exact) mass is 280 g/mol. The van der Waals surface area contributed by atoms with Crippen LogP contribution >= 0.6 is 0 Å². The Kier molecular flexibility index (Phi) is 21.7. The first-order chi connectivity index (χ1) is 4.30. The minimum absolute atomic E-state index is 0. The van der Waals surface area contributed by atoms with Gasteiger partial charge in [-0.2, -0.15) is 0 Å². The largest absolute Gasteiger partial charge is 1.00 e. The van der Waals surface area contributed by atoms with Crippen LogP contribution in [0.4, 0.5) is 0 Å². The van der Waals surface area contributed by atoms with Crippen LogP contribution in [-0.4, -0.2) is 10.2 Å². The molecule has 0 saturated heterocycles. The molecule has 0 aromatic heterocycles. The standard InChI is InChI=1S/C7H8O2.2CH3.2Cu/c8-7(9)6-4-2-1-3-5-6;;;;/h1-5,7-9H;2*1H3;;/q;2*-1;2*+1. The van der Waals surface area contributed by atoms with Gasteiger partial charge in [0.25, 0.3) is 0 Å². The van der Waals surface area contributed by atoms with Gasteiger partial charge in [-0.25, -0.2) is 0 Å². The van der Waals surface area contributed by atoms with Crippen LogP contribution < -0.4 is 0 Å². The molecule has 1 rings (SSSR count). The zero-order chi connectivity index (χ0) is 6.69. The second-order valence-electron chi connectivity index (χ2n) is 1.78. The maximum atomic E-state index is 8.58. The number of benzene rings is 1. The molecule has 13 heavy (non-hydrogen) atoms. The van der Waals surface area contributed by atoms with Crippen molar-refractivity contribution in [3.05, 3.63) is 50.7 Å². The minimum Gasteiger partial charge on any atom is -0.364 e. The molecule has 2 N–H and O–H groups in total. The summed E-state index contributed by atoms with van der Waals surface area (Å²) in [4.78, 5) is 0. The molecule has 0 aliphatic rings. The van der Waals surface area contributed by atoms with Crippen molar-refractivity contribution in [3.63, 3.8) is 0 Å². The third kappa shape index (κ3) is 8.51. The summed E-state index contributed by atoms with van der Waals surface area (Å²) in [7, 11) is 0. The molecule has 84 valence electrons. The van der Waals surface area contributed by atoms with Crippen molar-refractivity contribution in [3.8, 4) is 0 Å². The molecule has 0 aliphatic carbocycles. The van der Waals surface area contributed by atoms with Crippen LogP contribution in [0.25, 0.3) is 0 Å². The fourth-order valence-corrected chi connectivity index (χ4v) is 0.625.